The van der Waals surface area contributed by atoms with Crippen molar-refractivity contribution in [1.82, 2.24) is 5.32 Å². The van der Waals surface area contributed by atoms with Crippen LogP contribution in [0.25, 0.3) is 0 Å². The van der Waals surface area contributed by atoms with Gasteiger partial charge in [0.05, 0.1) is 0 Å². The van der Waals surface area contributed by atoms with Crippen LogP contribution in [0.3, 0.4) is 0 Å². The Bertz CT molecular complexity index is 149. The molecule has 0 spiro atoms. The van der Waals surface area contributed by atoms with Gasteiger partial charge in [-0.1, -0.05) is 33.6 Å². The third-order valence-corrected chi connectivity index (χ3v) is 2.69. The number of rotatable bonds is 8. The molecule has 0 atom stereocenters. The molecule has 0 radical (unpaired) electrons. The SMILES string of the molecule is CCCCC(C)(C)CC(F)(F)CCNC. The highest BCUT2D eigenvalue weighted by Crippen LogP contribution is 2.37. The quantitative estimate of drug-likeness (QED) is 0.656. The molecule has 0 saturated carbocycles. The molecule has 0 aromatic carbocycles. The fourth-order valence-electron chi connectivity index (χ4n) is 1.84. The van der Waals surface area contributed by atoms with Gasteiger partial charge in [-0.05, 0) is 18.9 Å². The summed E-state index contributed by atoms with van der Waals surface area (Å²) in [6, 6.07) is 0. The number of nitrogens with one attached hydrogen (secondary N) is 1. The van der Waals surface area contributed by atoms with Crippen molar-refractivity contribution in [3.05, 3.63) is 0 Å². The lowest BCUT2D eigenvalue weighted by molar-refractivity contribution is -0.0473. The molecule has 0 aromatic heterocycles. The number of alkyl halides is 2. The molecule has 15 heavy (non-hydrogen) atoms. The van der Waals surface area contributed by atoms with Crippen LogP contribution in [0.2, 0.25) is 0 Å². The van der Waals surface area contributed by atoms with Crippen molar-refractivity contribution in [1.29, 1.82) is 0 Å². The van der Waals surface area contributed by atoms with Gasteiger partial charge in [-0.15, -0.1) is 0 Å². The maximum atomic E-state index is 13.5. The summed E-state index contributed by atoms with van der Waals surface area (Å²) in [7, 11) is 1.71. The first-order valence-electron chi connectivity index (χ1n) is 5.85. The summed E-state index contributed by atoms with van der Waals surface area (Å²) in [4.78, 5) is 0. The Morgan fingerprint density at radius 3 is 2.20 bits per heavy atom. The van der Waals surface area contributed by atoms with Crippen LogP contribution in [0.15, 0.2) is 0 Å². The van der Waals surface area contributed by atoms with E-state index in [0.717, 1.165) is 19.3 Å². The first-order valence-corrected chi connectivity index (χ1v) is 5.85. The zero-order valence-corrected chi connectivity index (χ0v) is 10.5. The van der Waals surface area contributed by atoms with Gasteiger partial charge in [0.2, 0.25) is 5.92 Å². The van der Waals surface area contributed by atoms with Crippen molar-refractivity contribution in [2.45, 2.75) is 58.8 Å². The van der Waals surface area contributed by atoms with Gasteiger partial charge in [0.15, 0.2) is 0 Å². The van der Waals surface area contributed by atoms with Crippen LogP contribution >= 0.6 is 0 Å². The van der Waals surface area contributed by atoms with Crippen LogP contribution in [0.1, 0.15) is 52.9 Å². The summed E-state index contributed by atoms with van der Waals surface area (Å²) < 4.78 is 27.0. The Balaban J connectivity index is 4.04. The van der Waals surface area contributed by atoms with Gasteiger partial charge < -0.3 is 5.32 Å². The van der Waals surface area contributed by atoms with E-state index in [9.17, 15) is 8.78 Å². The number of hydrogen-bond donors (Lipinski definition) is 1. The van der Waals surface area contributed by atoms with Crippen molar-refractivity contribution < 1.29 is 8.78 Å². The van der Waals surface area contributed by atoms with E-state index in [0.29, 0.717) is 6.54 Å². The molecule has 0 saturated heterocycles. The van der Waals surface area contributed by atoms with Crippen molar-refractivity contribution in [3.63, 3.8) is 0 Å². The molecule has 1 N–H and O–H groups in total. The van der Waals surface area contributed by atoms with Crippen molar-refractivity contribution in [2.75, 3.05) is 13.6 Å². The molecule has 0 amide bonds. The van der Waals surface area contributed by atoms with Crippen LogP contribution < -0.4 is 5.32 Å². The first-order chi connectivity index (χ1) is 6.83. The maximum absolute atomic E-state index is 13.5. The minimum absolute atomic E-state index is 0.00167. The third kappa shape index (κ3) is 7.71. The largest absolute Gasteiger partial charge is 0.320 e. The summed E-state index contributed by atoms with van der Waals surface area (Å²) in [5.41, 5.74) is -0.243. The molecule has 0 heterocycles. The maximum Gasteiger partial charge on any atom is 0.249 e. The van der Waals surface area contributed by atoms with E-state index in [4.69, 9.17) is 0 Å². The molecule has 0 aliphatic rings. The molecule has 0 rings (SSSR count). The molecule has 0 bridgehead atoms. The van der Waals surface area contributed by atoms with Crippen LogP contribution in [0.4, 0.5) is 8.78 Å². The van der Waals surface area contributed by atoms with Crippen molar-refractivity contribution in [3.8, 4) is 0 Å². The molecule has 0 aromatic rings. The highest BCUT2D eigenvalue weighted by Gasteiger charge is 2.35. The Morgan fingerprint density at radius 1 is 1.13 bits per heavy atom. The molecular weight excluding hydrogens is 196 g/mol. The second-order valence-corrected chi connectivity index (χ2v) is 5.15. The number of unbranched alkanes of at least 4 members (excludes halogenated alkanes) is 1. The summed E-state index contributed by atoms with van der Waals surface area (Å²) in [5, 5.41) is 2.77. The number of halogens is 2. The van der Waals surface area contributed by atoms with Gasteiger partial charge in [-0.2, -0.15) is 0 Å². The first kappa shape index (κ1) is 14.8. The Morgan fingerprint density at radius 2 is 1.73 bits per heavy atom. The standard InChI is InChI=1S/C12H25F2N/c1-5-6-7-11(2,3)10-12(13,14)8-9-15-4/h15H,5-10H2,1-4H3. The highest BCUT2D eigenvalue weighted by molar-refractivity contribution is 4.78. The van der Waals surface area contributed by atoms with Gasteiger partial charge >= 0.3 is 0 Å². The predicted octanol–water partition coefficient (Wildman–Crippen LogP) is 3.84. The smallest absolute Gasteiger partial charge is 0.249 e. The Kier molecular flexibility index (Phi) is 6.34. The van der Waals surface area contributed by atoms with Crippen LogP contribution in [-0.4, -0.2) is 19.5 Å². The zero-order valence-electron chi connectivity index (χ0n) is 10.5. The minimum atomic E-state index is -2.53. The summed E-state index contributed by atoms with van der Waals surface area (Å²) >= 11 is 0. The van der Waals surface area contributed by atoms with Gasteiger partial charge in [0.1, 0.15) is 0 Å². The molecule has 1 nitrogen and oxygen atoms in total. The van der Waals surface area contributed by atoms with E-state index in [1.807, 2.05) is 13.8 Å². The van der Waals surface area contributed by atoms with E-state index < -0.39 is 5.92 Å². The molecule has 0 fully saturated rings. The summed E-state index contributed by atoms with van der Waals surface area (Å²) in [5.74, 6) is -2.53. The Hall–Kier alpha value is -0.180. The lowest BCUT2D eigenvalue weighted by Crippen LogP contribution is -2.29. The van der Waals surface area contributed by atoms with E-state index in [-0.39, 0.29) is 18.3 Å². The topological polar surface area (TPSA) is 12.0 Å². The van der Waals surface area contributed by atoms with E-state index >= 15 is 0 Å². The molecule has 3 heteroatoms. The average Bonchev–Trinajstić information content (AvgIpc) is 2.10. The molecular formula is C12H25F2N. The van der Waals surface area contributed by atoms with Crippen molar-refractivity contribution in [2.24, 2.45) is 5.41 Å². The molecule has 0 aliphatic carbocycles. The third-order valence-electron chi connectivity index (χ3n) is 2.69. The van der Waals surface area contributed by atoms with Crippen LogP contribution in [-0.2, 0) is 0 Å². The normalized spacial score (nSPS) is 13.2. The second kappa shape index (κ2) is 6.41. The second-order valence-electron chi connectivity index (χ2n) is 5.15. The van der Waals surface area contributed by atoms with Crippen molar-refractivity contribution >= 4 is 0 Å². The van der Waals surface area contributed by atoms with Gasteiger partial charge in [0.25, 0.3) is 0 Å². The van der Waals surface area contributed by atoms with Gasteiger partial charge in [0, 0.05) is 19.4 Å². The molecule has 0 aliphatic heterocycles. The van der Waals surface area contributed by atoms with Gasteiger partial charge in [-0.25, -0.2) is 8.78 Å². The monoisotopic (exact) mass is 221 g/mol. The highest BCUT2D eigenvalue weighted by atomic mass is 19.3. The summed E-state index contributed by atoms with van der Waals surface area (Å²) in [6.07, 6.45) is 2.94. The average molecular weight is 221 g/mol. The van der Waals surface area contributed by atoms with Gasteiger partial charge in [-0.3, -0.25) is 0 Å². The predicted molar refractivity (Wildman–Crippen MR) is 61.4 cm³/mol. The van der Waals surface area contributed by atoms with E-state index in [2.05, 4.69) is 12.2 Å². The minimum Gasteiger partial charge on any atom is -0.320 e. The number of hydrogen-bond acceptors (Lipinski definition) is 1. The molecule has 0 unspecified atom stereocenters. The Labute approximate surface area is 92.6 Å². The fraction of sp³-hybridized carbons (Fsp3) is 1.00. The van der Waals surface area contributed by atoms with E-state index in [1.165, 1.54) is 0 Å². The molecule has 92 valence electrons. The van der Waals surface area contributed by atoms with Crippen LogP contribution in [0.5, 0.6) is 0 Å². The lowest BCUT2D eigenvalue weighted by Gasteiger charge is -2.29. The summed E-state index contributed by atoms with van der Waals surface area (Å²) in [6.45, 7) is 6.36. The zero-order chi connectivity index (χ0) is 11.9. The lowest BCUT2D eigenvalue weighted by atomic mass is 9.81. The van der Waals surface area contributed by atoms with E-state index in [1.54, 1.807) is 7.05 Å². The fourth-order valence-corrected chi connectivity index (χ4v) is 1.84. The van der Waals surface area contributed by atoms with Crippen LogP contribution in [0, 0.1) is 5.41 Å².